The molecule has 6 nitrogen and oxygen atoms in total. The van der Waals surface area contributed by atoms with Gasteiger partial charge in [0, 0.05) is 17.1 Å². The van der Waals surface area contributed by atoms with E-state index in [0.29, 0.717) is 29.1 Å². The molecular formula is C17H23N3O3S. The second kappa shape index (κ2) is 7.63. The van der Waals surface area contributed by atoms with E-state index in [9.17, 15) is 9.59 Å². The molecule has 0 unspecified atom stereocenters. The first-order valence-corrected chi connectivity index (χ1v) is 8.50. The summed E-state index contributed by atoms with van der Waals surface area (Å²) in [5.74, 6) is -0.667. The first kappa shape index (κ1) is 18.2. The lowest BCUT2D eigenvalue weighted by molar-refractivity contribution is 0.0599. The molecule has 1 amide bonds. The van der Waals surface area contributed by atoms with E-state index in [1.54, 1.807) is 25.2 Å². The quantitative estimate of drug-likeness (QED) is 0.786. The van der Waals surface area contributed by atoms with Crippen LogP contribution >= 0.6 is 11.3 Å². The second-order valence-electron chi connectivity index (χ2n) is 5.82. The Morgan fingerprint density at radius 1 is 1.38 bits per heavy atom. The van der Waals surface area contributed by atoms with Crippen molar-refractivity contribution in [3.8, 4) is 0 Å². The number of carbonyl (C=O) groups excluding carboxylic acids is 2. The molecule has 0 aliphatic heterocycles. The van der Waals surface area contributed by atoms with Gasteiger partial charge in [-0.2, -0.15) is 0 Å². The third-order valence-electron chi connectivity index (χ3n) is 4.01. The van der Waals surface area contributed by atoms with Crippen molar-refractivity contribution in [1.82, 2.24) is 15.2 Å². The van der Waals surface area contributed by atoms with E-state index < -0.39 is 5.97 Å². The van der Waals surface area contributed by atoms with Crippen molar-refractivity contribution in [1.29, 1.82) is 0 Å². The Hall–Kier alpha value is -2.12. The zero-order valence-electron chi connectivity index (χ0n) is 14.6. The molecule has 2 N–H and O–H groups in total. The lowest BCUT2D eigenvalue weighted by atomic mass is 10.1. The number of thiophene rings is 1. The fourth-order valence-corrected chi connectivity index (χ4v) is 3.60. The highest BCUT2D eigenvalue weighted by Crippen LogP contribution is 2.23. The number of methoxy groups -OCH3 is 1. The van der Waals surface area contributed by atoms with Crippen LogP contribution in [0.4, 0.5) is 0 Å². The minimum Gasteiger partial charge on any atom is -0.465 e. The van der Waals surface area contributed by atoms with Crippen molar-refractivity contribution >= 4 is 23.2 Å². The van der Waals surface area contributed by atoms with Crippen molar-refractivity contribution in [2.24, 2.45) is 0 Å². The van der Waals surface area contributed by atoms with Crippen LogP contribution in [0.3, 0.4) is 0 Å². The highest BCUT2D eigenvalue weighted by Gasteiger charge is 2.23. The van der Waals surface area contributed by atoms with E-state index in [1.807, 2.05) is 25.5 Å². The molecule has 0 spiro atoms. The maximum atomic E-state index is 12.5. The number of nitrogens with one attached hydrogen (secondary N) is 2. The Bertz CT molecular complexity index is 720. The third kappa shape index (κ3) is 3.68. The molecule has 7 heteroatoms. The summed E-state index contributed by atoms with van der Waals surface area (Å²) in [6.07, 6.45) is 0. The van der Waals surface area contributed by atoms with Gasteiger partial charge in [-0.3, -0.25) is 4.79 Å². The van der Waals surface area contributed by atoms with Crippen LogP contribution in [0.2, 0.25) is 0 Å². The predicted octanol–water partition coefficient (Wildman–Crippen LogP) is 2.51. The van der Waals surface area contributed by atoms with Crippen LogP contribution in [0.15, 0.2) is 17.5 Å². The first-order valence-electron chi connectivity index (χ1n) is 7.62. The van der Waals surface area contributed by atoms with Gasteiger partial charge in [0.2, 0.25) is 0 Å². The normalized spacial score (nSPS) is 12.2. The first-order chi connectivity index (χ1) is 11.4. The highest BCUT2D eigenvalue weighted by atomic mass is 32.1. The Labute approximate surface area is 145 Å². The Morgan fingerprint density at radius 2 is 2.08 bits per heavy atom. The van der Waals surface area contributed by atoms with E-state index in [2.05, 4.69) is 21.3 Å². The zero-order valence-corrected chi connectivity index (χ0v) is 15.4. The summed E-state index contributed by atoms with van der Waals surface area (Å²) < 4.78 is 4.77. The van der Waals surface area contributed by atoms with E-state index >= 15 is 0 Å². The molecule has 2 heterocycles. The summed E-state index contributed by atoms with van der Waals surface area (Å²) >= 11 is 1.66. The van der Waals surface area contributed by atoms with Gasteiger partial charge < -0.3 is 19.9 Å². The highest BCUT2D eigenvalue weighted by molar-refractivity contribution is 7.10. The molecule has 130 valence electrons. The third-order valence-corrected chi connectivity index (χ3v) is 4.98. The molecule has 2 aromatic heterocycles. The van der Waals surface area contributed by atoms with E-state index in [-0.39, 0.29) is 11.9 Å². The van der Waals surface area contributed by atoms with Gasteiger partial charge >= 0.3 is 5.97 Å². The van der Waals surface area contributed by atoms with Crippen molar-refractivity contribution in [2.75, 3.05) is 27.7 Å². The van der Waals surface area contributed by atoms with Crippen LogP contribution in [-0.4, -0.2) is 49.5 Å². The van der Waals surface area contributed by atoms with Gasteiger partial charge in [0.1, 0.15) is 5.69 Å². The van der Waals surface area contributed by atoms with Gasteiger partial charge in [0.05, 0.1) is 18.7 Å². The average Bonchev–Trinajstić information content (AvgIpc) is 3.15. The molecule has 0 aliphatic carbocycles. The molecule has 2 aromatic rings. The van der Waals surface area contributed by atoms with Crippen LogP contribution < -0.4 is 5.32 Å². The van der Waals surface area contributed by atoms with Gasteiger partial charge in [-0.05, 0) is 45.0 Å². The molecule has 0 saturated heterocycles. The second-order valence-corrected chi connectivity index (χ2v) is 6.80. The molecule has 1 atom stereocenters. The molecular weight excluding hydrogens is 326 g/mol. The number of carbonyl (C=O) groups is 2. The number of aromatic amines is 1. The molecule has 0 aromatic carbocycles. The number of aromatic nitrogens is 1. The number of H-pyrrole nitrogens is 1. The summed E-state index contributed by atoms with van der Waals surface area (Å²) in [6.45, 7) is 3.98. The molecule has 0 saturated carbocycles. The molecule has 0 radical (unpaired) electrons. The van der Waals surface area contributed by atoms with Crippen molar-refractivity contribution in [3.05, 3.63) is 44.9 Å². The fraction of sp³-hybridized carbons (Fsp3) is 0.412. The summed E-state index contributed by atoms with van der Waals surface area (Å²) in [7, 11) is 5.29. The lowest BCUT2D eigenvalue weighted by Crippen LogP contribution is -2.34. The predicted molar refractivity (Wildman–Crippen MR) is 94.7 cm³/mol. The number of likely N-dealkylation sites (N-methyl/N-ethyl adjacent to an activating group) is 1. The molecule has 0 bridgehead atoms. The topological polar surface area (TPSA) is 74.4 Å². The zero-order chi connectivity index (χ0) is 17.9. The monoisotopic (exact) mass is 349 g/mol. The number of nitrogens with zero attached hydrogens (tertiary/aromatic N) is 1. The maximum absolute atomic E-state index is 12.5. The van der Waals surface area contributed by atoms with Gasteiger partial charge in [0.25, 0.3) is 5.91 Å². The Morgan fingerprint density at radius 3 is 2.62 bits per heavy atom. The van der Waals surface area contributed by atoms with Crippen molar-refractivity contribution in [3.63, 3.8) is 0 Å². The van der Waals surface area contributed by atoms with Gasteiger partial charge in [-0.1, -0.05) is 6.07 Å². The smallest absolute Gasteiger partial charge is 0.339 e. The molecule has 2 rings (SSSR count). The van der Waals surface area contributed by atoms with Crippen LogP contribution in [-0.2, 0) is 4.74 Å². The lowest BCUT2D eigenvalue weighted by Gasteiger charge is -2.23. The summed E-state index contributed by atoms with van der Waals surface area (Å²) in [5, 5.41) is 4.97. The van der Waals surface area contributed by atoms with Crippen molar-refractivity contribution in [2.45, 2.75) is 19.9 Å². The molecule has 24 heavy (non-hydrogen) atoms. The van der Waals surface area contributed by atoms with Crippen LogP contribution in [0.25, 0.3) is 0 Å². The summed E-state index contributed by atoms with van der Waals surface area (Å²) in [4.78, 5) is 30.6. The van der Waals surface area contributed by atoms with Crippen LogP contribution in [0.5, 0.6) is 0 Å². The maximum Gasteiger partial charge on any atom is 0.339 e. The minimum absolute atomic E-state index is 0.102. The number of amides is 1. The number of hydrogen-bond donors (Lipinski definition) is 2. The average molecular weight is 349 g/mol. The van der Waals surface area contributed by atoms with Gasteiger partial charge in [0.15, 0.2) is 0 Å². The van der Waals surface area contributed by atoms with Crippen molar-refractivity contribution < 1.29 is 14.3 Å². The van der Waals surface area contributed by atoms with Crippen LogP contribution in [0.1, 0.15) is 43.0 Å². The Kier molecular flexibility index (Phi) is 5.80. The number of esters is 1. The number of rotatable bonds is 6. The number of ether oxygens (including phenoxy) is 1. The minimum atomic E-state index is -0.440. The fourth-order valence-electron chi connectivity index (χ4n) is 2.68. The van der Waals surface area contributed by atoms with E-state index in [0.717, 1.165) is 0 Å². The number of aryl methyl sites for hydroxylation is 1. The summed E-state index contributed by atoms with van der Waals surface area (Å²) in [6, 6.07) is 4.16. The molecule has 0 fully saturated rings. The summed E-state index contributed by atoms with van der Waals surface area (Å²) in [5.41, 5.74) is 2.06. The van der Waals surface area contributed by atoms with Gasteiger partial charge in [-0.25, -0.2) is 4.79 Å². The van der Waals surface area contributed by atoms with E-state index in [1.165, 1.54) is 12.0 Å². The van der Waals surface area contributed by atoms with Gasteiger partial charge in [-0.15, -0.1) is 11.3 Å². The molecule has 0 aliphatic rings. The SMILES string of the molecule is COC(=O)c1c(C)[nH]c(C(=O)NC[C@@H](c2cccs2)N(C)C)c1C. The Balaban J connectivity index is 2.14. The largest absolute Gasteiger partial charge is 0.465 e. The number of hydrogen-bond acceptors (Lipinski definition) is 5. The standard InChI is InChI=1S/C17H23N3O3S/c1-10-14(17(22)23-5)11(2)19-15(10)16(21)18-9-12(20(3)4)13-7-6-8-24-13/h6-8,12,19H,9H2,1-5H3,(H,18,21)/t12-/m0/s1. The van der Waals surface area contributed by atoms with Crippen LogP contribution in [0, 0.1) is 13.8 Å². The van der Waals surface area contributed by atoms with E-state index in [4.69, 9.17) is 4.74 Å².